The van der Waals surface area contributed by atoms with Crippen molar-refractivity contribution in [2.24, 2.45) is 0 Å². The second kappa shape index (κ2) is 7.13. The molecule has 1 N–H and O–H groups in total. The molecule has 2 fully saturated rings. The Morgan fingerprint density at radius 3 is 2.45 bits per heavy atom. The highest BCUT2D eigenvalue weighted by atomic mass is 19.1. The Bertz CT molecular complexity index is 987. The predicted molar refractivity (Wildman–Crippen MR) is 105 cm³/mol. The summed E-state index contributed by atoms with van der Waals surface area (Å²) < 4.78 is 15.1. The number of imide groups is 1. The molecule has 0 radical (unpaired) electrons. The Hall–Kier alpha value is -2.96. The average Bonchev–Trinajstić information content (AvgIpc) is 3.33. The first-order valence-electron chi connectivity index (χ1n) is 9.89. The standard InChI is InChI=1S/C22H24FN3O3/c1-14-11-18(15(2)25(14)12-16-5-7-17(23)8-6-16)19(27)13-26-20(28)22(24-21(26)29)9-3-4-10-22/h5-8,11H,3-4,9-10,12-13H2,1-2H3,(H,24,29). The molecule has 2 aliphatic rings. The molecule has 1 spiro atoms. The maximum atomic E-state index is 13.1. The summed E-state index contributed by atoms with van der Waals surface area (Å²) in [5, 5.41) is 2.80. The van der Waals surface area contributed by atoms with Crippen molar-refractivity contribution in [1.82, 2.24) is 14.8 Å². The molecular formula is C22H24FN3O3. The lowest BCUT2D eigenvalue weighted by Gasteiger charge is -2.19. The largest absolute Gasteiger partial charge is 0.344 e. The summed E-state index contributed by atoms with van der Waals surface area (Å²) in [6, 6.07) is 7.54. The molecule has 1 aromatic heterocycles. The number of rotatable bonds is 5. The molecule has 1 saturated carbocycles. The number of ketones is 1. The number of benzene rings is 1. The van der Waals surface area contributed by atoms with E-state index in [1.165, 1.54) is 12.1 Å². The van der Waals surface area contributed by atoms with Crippen molar-refractivity contribution in [3.05, 3.63) is 58.7 Å². The number of hydrogen-bond donors (Lipinski definition) is 1. The summed E-state index contributed by atoms with van der Waals surface area (Å²) in [6.07, 6.45) is 3.07. The van der Waals surface area contributed by atoms with Crippen LogP contribution in [-0.4, -0.2) is 39.3 Å². The molecule has 3 amide bonds. The number of amides is 3. The number of Topliss-reactive ketones (excluding diaryl/α,β-unsaturated/α-hetero) is 1. The van der Waals surface area contributed by atoms with Crippen LogP contribution in [0, 0.1) is 19.7 Å². The quantitative estimate of drug-likeness (QED) is 0.621. The van der Waals surface area contributed by atoms with Crippen LogP contribution in [-0.2, 0) is 11.3 Å². The summed E-state index contributed by atoms with van der Waals surface area (Å²) in [6.45, 7) is 3.99. The van der Waals surface area contributed by atoms with E-state index in [-0.39, 0.29) is 24.1 Å². The van der Waals surface area contributed by atoms with Crippen molar-refractivity contribution in [3.63, 3.8) is 0 Å². The molecule has 1 aliphatic heterocycles. The lowest BCUT2D eigenvalue weighted by molar-refractivity contribution is -0.130. The Morgan fingerprint density at radius 1 is 1.14 bits per heavy atom. The molecule has 6 nitrogen and oxygen atoms in total. The van der Waals surface area contributed by atoms with E-state index in [0.717, 1.165) is 34.7 Å². The third-order valence-corrected chi connectivity index (χ3v) is 6.13. The molecule has 0 bridgehead atoms. The van der Waals surface area contributed by atoms with Gasteiger partial charge in [0.15, 0.2) is 5.78 Å². The minimum atomic E-state index is -0.809. The minimum Gasteiger partial charge on any atom is -0.344 e. The molecule has 1 saturated heterocycles. The fourth-order valence-corrected chi connectivity index (χ4v) is 4.47. The van der Waals surface area contributed by atoms with E-state index < -0.39 is 11.6 Å². The number of hydrogen-bond acceptors (Lipinski definition) is 3. The van der Waals surface area contributed by atoms with Gasteiger partial charge in [0.2, 0.25) is 0 Å². The molecule has 1 aromatic carbocycles. The highest BCUT2D eigenvalue weighted by Crippen LogP contribution is 2.35. The van der Waals surface area contributed by atoms with E-state index >= 15 is 0 Å². The third kappa shape index (κ3) is 3.34. The van der Waals surface area contributed by atoms with Crippen LogP contribution < -0.4 is 5.32 Å². The van der Waals surface area contributed by atoms with Gasteiger partial charge in [0.25, 0.3) is 5.91 Å². The van der Waals surface area contributed by atoms with Gasteiger partial charge in [0.05, 0.1) is 6.54 Å². The minimum absolute atomic E-state index is 0.257. The summed E-state index contributed by atoms with van der Waals surface area (Å²) in [5.41, 5.74) is 2.26. The highest BCUT2D eigenvalue weighted by molar-refractivity contribution is 6.11. The first-order valence-corrected chi connectivity index (χ1v) is 9.89. The highest BCUT2D eigenvalue weighted by Gasteiger charge is 2.52. The van der Waals surface area contributed by atoms with E-state index in [1.807, 2.05) is 18.4 Å². The smallest absolute Gasteiger partial charge is 0.325 e. The van der Waals surface area contributed by atoms with E-state index in [0.29, 0.717) is 24.9 Å². The Labute approximate surface area is 168 Å². The lowest BCUT2D eigenvalue weighted by Crippen LogP contribution is -2.44. The van der Waals surface area contributed by atoms with Crippen molar-refractivity contribution in [3.8, 4) is 0 Å². The summed E-state index contributed by atoms with van der Waals surface area (Å²) >= 11 is 0. The number of nitrogens with zero attached hydrogens (tertiary/aromatic N) is 2. The number of aromatic nitrogens is 1. The van der Waals surface area contributed by atoms with E-state index in [4.69, 9.17) is 0 Å². The molecule has 2 aromatic rings. The van der Waals surface area contributed by atoms with E-state index in [1.54, 1.807) is 18.2 Å². The van der Waals surface area contributed by atoms with Gasteiger partial charge >= 0.3 is 6.03 Å². The van der Waals surface area contributed by atoms with Gasteiger partial charge in [-0.15, -0.1) is 0 Å². The van der Waals surface area contributed by atoms with Crippen molar-refractivity contribution in [1.29, 1.82) is 0 Å². The van der Waals surface area contributed by atoms with Gasteiger partial charge in [-0.25, -0.2) is 9.18 Å². The fourth-order valence-electron chi connectivity index (χ4n) is 4.47. The van der Waals surface area contributed by atoms with Crippen molar-refractivity contribution < 1.29 is 18.8 Å². The molecule has 2 heterocycles. The van der Waals surface area contributed by atoms with Crippen LogP contribution in [0.25, 0.3) is 0 Å². The van der Waals surface area contributed by atoms with Gasteiger partial charge in [-0.2, -0.15) is 0 Å². The molecule has 152 valence electrons. The zero-order valence-electron chi connectivity index (χ0n) is 16.6. The van der Waals surface area contributed by atoms with Crippen molar-refractivity contribution >= 4 is 17.7 Å². The van der Waals surface area contributed by atoms with Crippen LogP contribution >= 0.6 is 0 Å². The molecule has 7 heteroatoms. The van der Waals surface area contributed by atoms with Gasteiger partial charge in [0, 0.05) is 23.5 Å². The number of carbonyl (C=O) groups is 3. The van der Waals surface area contributed by atoms with Crippen LogP contribution in [0.4, 0.5) is 9.18 Å². The summed E-state index contributed by atoms with van der Waals surface area (Å²) in [7, 11) is 0. The summed E-state index contributed by atoms with van der Waals surface area (Å²) in [5.74, 6) is -0.838. The first-order chi connectivity index (χ1) is 13.8. The Balaban J connectivity index is 1.53. The number of nitrogens with one attached hydrogen (secondary N) is 1. The summed E-state index contributed by atoms with van der Waals surface area (Å²) in [4.78, 5) is 39.1. The number of aryl methyl sites for hydroxylation is 1. The molecule has 4 rings (SSSR count). The monoisotopic (exact) mass is 397 g/mol. The maximum absolute atomic E-state index is 13.1. The Morgan fingerprint density at radius 2 is 1.79 bits per heavy atom. The number of halogens is 1. The zero-order valence-corrected chi connectivity index (χ0v) is 16.6. The van der Waals surface area contributed by atoms with Gasteiger partial charge in [-0.3, -0.25) is 14.5 Å². The topological polar surface area (TPSA) is 71.4 Å². The number of carbonyl (C=O) groups excluding carboxylic acids is 3. The van der Waals surface area contributed by atoms with Crippen LogP contribution in [0.2, 0.25) is 0 Å². The second-order valence-electron chi connectivity index (χ2n) is 8.03. The van der Waals surface area contributed by atoms with Crippen LogP contribution in [0.15, 0.2) is 30.3 Å². The van der Waals surface area contributed by atoms with Gasteiger partial charge in [-0.1, -0.05) is 25.0 Å². The Kier molecular flexibility index (Phi) is 4.76. The van der Waals surface area contributed by atoms with Crippen molar-refractivity contribution in [2.45, 2.75) is 51.6 Å². The third-order valence-electron chi connectivity index (χ3n) is 6.13. The average molecular weight is 397 g/mol. The molecule has 1 aliphatic carbocycles. The second-order valence-corrected chi connectivity index (χ2v) is 8.03. The normalized spacial score (nSPS) is 18.0. The SMILES string of the molecule is Cc1cc(C(=O)CN2C(=O)NC3(CCCC3)C2=O)c(C)n1Cc1ccc(F)cc1. The van der Waals surface area contributed by atoms with Gasteiger partial charge in [0.1, 0.15) is 11.4 Å². The fraction of sp³-hybridized carbons (Fsp3) is 0.409. The number of urea groups is 1. The van der Waals surface area contributed by atoms with Crippen LogP contribution in [0.3, 0.4) is 0 Å². The van der Waals surface area contributed by atoms with E-state index in [9.17, 15) is 18.8 Å². The van der Waals surface area contributed by atoms with Gasteiger partial charge < -0.3 is 9.88 Å². The lowest BCUT2D eigenvalue weighted by atomic mass is 9.98. The van der Waals surface area contributed by atoms with Gasteiger partial charge in [-0.05, 0) is 50.5 Å². The molecule has 0 atom stereocenters. The molecular weight excluding hydrogens is 373 g/mol. The predicted octanol–water partition coefficient (Wildman–Crippen LogP) is 3.34. The maximum Gasteiger partial charge on any atom is 0.325 e. The van der Waals surface area contributed by atoms with E-state index in [2.05, 4.69) is 5.32 Å². The molecule has 29 heavy (non-hydrogen) atoms. The van der Waals surface area contributed by atoms with Crippen LogP contribution in [0.5, 0.6) is 0 Å². The van der Waals surface area contributed by atoms with Crippen molar-refractivity contribution in [2.75, 3.05) is 6.54 Å². The zero-order chi connectivity index (χ0) is 20.8. The first kappa shape index (κ1) is 19.4. The molecule has 0 unspecified atom stereocenters. The van der Waals surface area contributed by atoms with Crippen LogP contribution in [0.1, 0.15) is 53.0 Å².